The summed E-state index contributed by atoms with van der Waals surface area (Å²) in [6, 6.07) is 12.4. The third-order valence-electron chi connectivity index (χ3n) is 3.20. The van der Waals surface area contributed by atoms with Crippen LogP contribution < -0.4 is 5.32 Å². The first-order chi connectivity index (χ1) is 10.3. The first kappa shape index (κ1) is 13.8. The van der Waals surface area contributed by atoms with E-state index in [0.717, 1.165) is 24.2 Å². The molecule has 0 amide bonds. The van der Waals surface area contributed by atoms with E-state index in [1.54, 1.807) is 0 Å². The van der Waals surface area contributed by atoms with Crippen molar-refractivity contribution in [1.82, 2.24) is 10.1 Å². The second kappa shape index (κ2) is 6.10. The zero-order valence-electron chi connectivity index (χ0n) is 12.1. The van der Waals surface area contributed by atoms with Gasteiger partial charge in [-0.15, -0.1) is 11.3 Å². The molecule has 0 aliphatic rings. The van der Waals surface area contributed by atoms with Crippen molar-refractivity contribution in [1.29, 1.82) is 0 Å². The molecule has 21 heavy (non-hydrogen) atoms. The number of aryl methyl sites for hydroxylation is 2. The molecule has 3 rings (SSSR count). The molecule has 0 aliphatic heterocycles. The van der Waals surface area contributed by atoms with E-state index in [4.69, 9.17) is 4.52 Å². The van der Waals surface area contributed by atoms with Gasteiger partial charge in [0.1, 0.15) is 0 Å². The SMILES string of the molecule is CCc1ccc(CNc2ccccc2-c2nc(C)no2)s1. The van der Waals surface area contributed by atoms with Gasteiger partial charge in [0.15, 0.2) is 5.82 Å². The summed E-state index contributed by atoms with van der Waals surface area (Å²) < 4.78 is 5.27. The Labute approximate surface area is 127 Å². The maximum atomic E-state index is 5.27. The van der Waals surface area contributed by atoms with Gasteiger partial charge in [0.05, 0.1) is 5.56 Å². The van der Waals surface area contributed by atoms with Crippen molar-refractivity contribution >= 4 is 17.0 Å². The molecule has 108 valence electrons. The fourth-order valence-corrected chi connectivity index (χ4v) is 3.02. The molecule has 0 aliphatic carbocycles. The van der Waals surface area contributed by atoms with Gasteiger partial charge < -0.3 is 9.84 Å². The molecule has 0 saturated heterocycles. The minimum absolute atomic E-state index is 0.552. The summed E-state index contributed by atoms with van der Waals surface area (Å²) in [5.41, 5.74) is 1.94. The van der Waals surface area contributed by atoms with Crippen LogP contribution >= 0.6 is 11.3 Å². The summed E-state index contributed by atoms with van der Waals surface area (Å²) in [5, 5.41) is 7.31. The van der Waals surface area contributed by atoms with Crippen LogP contribution in [-0.4, -0.2) is 10.1 Å². The lowest BCUT2D eigenvalue weighted by Gasteiger charge is -2.08. The van der Waals surface area contributed by atoms with Crippen molar-refractivity contribution in [3.8, 4) is 11.5 Å². The number of nitrogens with one attached hydrogen (secondary N) is 1. The molecule has 0 atom stereocenters. The summed E-state index contributed by atoms with van der Waals surface area (Å²) in [4.78, 5) is 7.03. The highest BCUT2D eigenvalue weighted by Gasteiger charge is 2.11. The molecule has 4 nitrogen and oxygen atoms in total. The molecule has 2 heterocycles. The average Bonchev–Trinajstić information content (AvgIpc) is 3.14. The molecule has 0 spiro atoms. The number of rotatable bonds is 5. The van der Waals surface area contributed by atoms with Crippen LogP contribution in [0.2, 0.25) is 0 Å². The Morgan fingerprint density at radius 2 is 1.95 bits per heavy atom. The maximum Gasteiger partial charge on any atom is 0.260 e. The predicted octanol–water partition coefficient (Wildman–Crippen LogP) is 4.28. The Kier molecular flexibility index (Phi) is 4.01. The van der Waals surface area contributed by atoms with Crippen LogP contribution in [0, 0.1) is 6.92 Å². The van der Waals surface area contributed by atoms with E-state index in [0.29, 0.717) is 11.7 Å². The Morgan fingerprint density at radius 3 is 2.67 bits per heavy atom. The summed E-state index contributed by atoms with van der Waals surface area (Å²) >= 11 is 1.84. The largest absolute Gasteiger partial charge is 0.380 e. The number of aromatic nitrogens is 2. The highest BCUT2D eigenvalue weighted by atomic mass is 32.1. The van der Waals surface area contributed by atoms with Crippen LogP contribution in [0.5, 0.6) is 0 Å². The third kappa shape index (κ3) is 3.13. The van der Waals surface area contributed by atoms with Crippen LogP contribution in [0.4, 0.5) is 5.69 Å². The van der Waals surface area contributed by atoms with Gasteiger partial charge in [0.2, 0.25) is 0 Å². The van der Waals surface area contributed by atoms with Gasteiger partial charge in [0, 0.05) is 22.0 Å². The van der Waals surface area contributed by atoms with Crippen LogP contribution in [0.25, 0.3) is 11.5 Å². The molecule has 3 aromatic rings. The van der Waals surface area contributed by atoms with Gasteiger partial charge in [-0.1, -0.05) is 24.2 Å². The van der Waals surface area contributed by atoms with Gasteiger partial charge in [-0.25, -0.2) is 0 Å². The Balaban J connectivity index is 1.79. The molecular weight excluding hydrogens is 282 g/mol. The van der Waals surface area contributed by atoms with Crippen LogP contribution in [-0.2, 0) is 13.0 Å². The number of nitrogens with zero attached hydrogens (tertiary/aromatic N) is 2. The monoisotopic (exact) mass is 299 g/mol. The minimum Gasteiger partial charge on any atom is -0.380 e. The van der Waals surface area contributed by atoms with E-state index in [1.165, 1.54) is 9.75 Å². The van der Waals surface area contributed by atoms with Crippen molar-refractivity contribution in [2.75, 3.05) is 5.32 Å². The number of para-hydroxylation sites is 1. The summed E-state index contributed by atoms with van der Waals surface area (Å²) in [7, 11) is 0. The van der Waals surface area contributed by atoms with Crippen molar-refractivity contribution < 1.29 is 4.52 Å². The van der Waals surface area contributed by atoms with Gasteiger partial charge in [-0.3, -0.25) is 0 Å². The van der Waals surface area contributed by atoms with E-state index in [9.17, 15) is 0 Å². The van der Waals surface area contributed by atoms with E-state index in [1.807, 2.05) is 42.5 Å². The quantitative estimate of drug-likeness (QED) is 0.764. The molecular formula is C16H17N3OS. The van der Waals surface area contributed by atoms with Crippen molar-refractivity contribution in [3.63, 3.8) is 0 Å². The van der Waals surface area contributed by atoms with E-state index in [2.05, 4.69) is 34.5 Å². The Morgan fingerprint density at radius 1 is 1.14 bits per heavy atom. The second-order valence-electron chi connectivity index (χ2n) is 4.77. The summed E-state index contributed by atoms with van der Waals surface area (Å²) in [6.45, 7) is 4.80. The van der Waals surface area contributed by atoms with E-state index >= 15 is 0 Å². The number of benzene rings is 1. The first-order valence-electron chi connectivity index (χ1n) is 6.97. The highest BCUT2D eigenvalue weighted by molar-refractivity contribution is 7.12. The first-order valence-corrected chi connectivity index (χ1v) is 7.79. The van der Waals surface area contributed by atoms with Gasteiger partial charge >= 0.3 is 0 Å². The van der Waals surface area contributed by atoms with Crippen LogP contribution in [0.3, 0.4) is 0 Å². The Bertz CT molecular complexity index is 732. The lowest BCUT2D eigenvalue weighted by atomic mass is 10.1. The smallest absolute Gasteiger partial charge is 0.260 e. The molecule has 0 bridgehead atoms. The number of thiophene rings is 1. The number of anilines is 1. The molecule has 1 N–H and O–H groups in total. The minimum atomic E-state index is 0.552. The molecule has 0 saturated carbocycles. The molecule has 0 fully saturated rings. The van der Waals surface area contributed by atoms with Crippen LogP contribution in [0.15, 0.2) is 40.9 Å². The van der Waals surface area contributed by atoms with Gasteiger partial charge in [-0.05, 0) is 37.6 Å². The van der Waals surface area contributed by atoms with E-state index < -0.39 is 0 Å². The maximum absolute atomic E-state index is 5.27. The van der Waals surface area contributed by atoms with Gasteiger partial charge in [-0.2, -0.15) is 4.98 Å². The average molecular weight is 299 g/mol. The summed E-state index contributed by atoms with van der Waals surface area (Å²) in [5.74, 6) is 1.20. The molecule has 0 unspecified atom stereocenters. The third-order valence-corrected chi connectivity index (χ3v) is 4.43. The zero-order valence-corrected chi connectivity index (χ0v) is 12.9. The van der Waals surface area contributed by atoms with Crippen molar-refractivity contribution in [3.05, 3.63) is 52.0 Å². The fraction of sp³-hybridized carbons (Fsp3) is 0.250. The highest BCUT2D eigenvalue weighted by Crippen LogP contribution is 2.27. The number of hydrogen-bond donors (Lipinski definition) is 1. The van der Waals surface area contributed by atoms with Gasteiger partial charge in [0.25, 0.3) is 5.89 Å². The van der Waals surface area contributed by atoms with Crippen molar-refractivity contribution in [2.45, 2.75) is 26.8 Å². The lowest BCUT2D eigenvalue weighted by molar-refractivity contribution is 0.426. The normalized spacial score (nSPS) is 10.8. The molecule has 0 radical (unpaired) electrons. The van der Waals surface area contributed by atoms with Crippen LogP contribution in [0.1, 0.15) is 22.5 Å². The fourth-order valence-electron chi connectivity index (χ4n) is 2.12. The molecule has 1 aromatic carbocycles. The van der Waals surface area contributed by atoms with E-state index in [-0.39, 0.29) is 0 Å². The predicted molar refractivity (Wildman–Crippen MR) is 85.5 cm³/mol. The molecule has 5 heteroatoms. The molecule has 2 aromatic heterocycles. The Hall–Kier alpha value is -2.14. The van der Waals surface area contributed by atoms with Crippen molar-refractivity contribution in [2.24, 2.45) is 0 Å². The lowest BCUT2D eigenvalue weighted by Crippen LogP contribution is -1.99. The summed E-state index contributed by atoms with van der Waals surface area (Å²) in [6.07, 6.45) is 1.09. The topological polar surface area (TPSA) is 51.0 Å². The standard InChI is InChI=1S/C16H17N3OS/c1-3-12-8-9-13(21-12)10-17-15-7-5-4-6-14(15)16-18-11(2)19-20-16/h4-9,17H,3,10H2,1-2H3. The number of hydrogen-bond acceptors (Lipinski definition) is 5. The zero-order chi connectivity index (χ0) is 14.7. The second-order valence-corrected chi connectivity index (χ2v) is 6.02.